The number of benzene rings is 1. The summed E-state index contributed by atoms with van der Waals surface area (Å²) < 4.78 is 5.86. The zero-order valence-electron chi connectivity index (χ0n) is 14.8. The molecule has 2 amide bonds. The van der Waals surface area contributed by atoms with Gasteiger partial charge in [-0.3, -0.25) is 0 Å². The van der Waals surface area contributed by atoms with Crippen LogP contribution in [-0.2, 0) is 6.54 Å². The van der Waals surface area contributed by atoms with E-state index in [1.165, 1.54) is 0 Å². The molecule has 2 N–H and O–H groups in total. The van der Waals surface area contributed by atoms with Gasteiger partial charge in [-0.2, -0.15) is 0 Å². The molecule has 0 radical (unpaired) electrons. The maximum absolute atomic E-state index is 12.3. The smallest absolute Gasteiger partial charge is 0.317 e. The summed E-state index contributed by atoms with van der Waals surface area (Å²) in [6, 6.07) is 7.82. The number of aliphatic hydroxyl groups excluding tert-OH is 1. The van der Waals surface area contributed by atoms with E-state index in [2.05, 4.69) is 19.2 Å². The van der Waals surface area contributed by atoms with Crippen molar-refractivity contribution < 1.29 is 14.6 Å². The summed E-state index contributed by atoms with van der Waals surface area (Å²) in [5, 5.41) is 12.2. The van der Waals surface area contributed by atoms with E-state index in [0.29, 0.717) is 38.1 Å². The molecule has 2 rings (SSSR count). The van der Waals surface area contributed by atoms with Crippen LogP contribution in [0, 0.1) is 11.8 Å². The van der Waals surface area contributed by atoms with Crippen molar-refractivity contribution in [1.82, 2.24) is 10.2 Å². The average Bonchev–Trinajstić information content (AvgIpc) is 2.60. The molecule has 1 fully saturated rings. The van der Waals surface area contributed by atoms with Crippen LogP contribution in [0.3, 0.4) is 0 Å². The molecule has 1 aliphatic heterocycles. The first-order valence-electron chi connectivity index (χ1n) is 8.94. The van der Waals surface area contributed by atoms with Crippen LogP contribution in [-0.4, -0.2) is 42.3 Å². The molecule has 24 heavy (non-hydrogen) atoms. The minimum Gasteiger partial charge on any atom is -0.493 e. The minimum atomic E-state index is -0.0385. The van der Waals surface area contributed by atoms with E-state index >= 15 is 0 Å². The molecule has 0 saturated carbocycles. The fourth-order valence-corrected chi connectivity index (χ4v) is 2.80. The third kappa shape index (κ3) is 5.71. The molecule has 0 unspecified atom stereocenters. The van der Waals surface area contributed by atoms with Gasteiger partial charge in [-0.05, 0) is 37.2 Å². The fourth-order valence-electron chi connectivity index (χ4n) is 2.80. The molecule has 0 aromatic heterocycles. The van der Waals surface area contributed by atoms with Crippen molar-refractivity contribution in [2.24, 2.45) is 11.8 Å². The Morgan fingerprint density at radius 1 is 1.33 bits per heavy atom. The molecule has 1 aromatic carbocycles. The predicted molar refractivity (Wildman–Crippen MR) is 95.0 cm³/mol. The summed E-state index contributed by atoms with van der Waals surface area (Å²) in [4.78, 5) is 14.1. The lowest BCUT2D eigenvalue weighted by atomic mass is 9.98. The molecule has 1 saturated heterocycles. The van der Waals surface area contributed by atoms with Crippen LogP contribution in [0.1, 0.15) is 38.7 Å². The molecule has 0 atom stereocenters. The van der Waals surface area contributed by atoms with Crippen LogP contribution in [0.25, 0.3) is 0 Å². The van der Waals surface area contributed by atoms with E-state index in [0.717, 1.165) is 30.6 Å². The van der Waals surface area contributed by atoms with E-state index in [9.17, 15) is 9.90 Å². The number of rotatable bonds is 7. The molecule has 0 spiro atoms. The van der Waals surface area contributed by atoms with Crippen molar-refractivity contribution in [3.05, 3.63) is 29.8 Å². The molecular formula is C19H30N2O3. The van der Waals surface area contributed by atoms with Crippen LogP contribution in [0.2, 0.25) is 0 Å². The van der Waals surface area contributed by atoms with Crippen molar-refractivity contribution in [1.29, 1.82) is 0 Å². The Hall–Kier alpha value is -1.75. The summed E-state index contributed by atoms with van der Waals surface area (Å²) in [7, 11) is 0. The largest absolute Gasteiger partial charge is 0.493 e. The highest BCUT2D eigenvalue weighted by atomic mass is 16.5. The van der Waals surface area contributed by atoms with Crippen LogP contribution in [0.5, 0.6) is 5.75 Å². The number of hydrogen-bond donors (Lipinski definition) is 2. The molecule has 5 nitrogen and oxygen atoms in total. The molecule has 1 heterocycles. The molecule has 0 aliphatic carbocycles. The van der Waals surface area contributed by atoms with Gasteiger partial charge in [0.25, 0.3) is 0 Å². The molecule has 1 aromatic rings. The second-order valence-corrected chi connectivity index (χ2v) is 6.91. The lowest BCUT2D eigenvalue weighted by Crippen LogP contribution is -2.44. The third-order valence-electron chi connectivity index (χ3n) is 4.52. The number of likely N-dealkylation sites (tertiary alicyclic amines) is 1. The Kier molecular flexibility index (Phi) is 7.37. The zero-order valence-corrected chi connectivity index (χ0v) is 14.8. The number of amides is 2. The quantitative estimate of drug-likeness (QED) is 0.806. The van der Waals surface area contributed by atoms with Gasteiger partial charge >= 0.3 is 6.03 Å². The first kappa shape index (κ1) is 18.6. The second kappa shape index (κ2) is 9.52. The average molecular weight is 334 g/mol. The molecule has 0 bridgehead atoms. The number of piperidine rings is 1. The molecular weight excluding hydrogens is 304 g/mol. The lowest BCUT2D eigenvalue weighted by Gasteiger charge is -2.31. The summed E-state index contributed by atoms with van der Waals surface area (Å²) in [5.41, 5.74) is 1.000. The van der Waals surface area contributed by atoms with Gasteiger partial charge in [0, 0.05) is 31.8 Å². The number of carbonyl (C=O) groups is 1. The van der Waals surface area contributed by atoms with Gasteiger partial charge in [-0.25, -0.2) is 4.79 Å². The van der Waals surface area contributed by atoms with Crippen molar-refractivity contribution in [2.75, 3.05) is 26.3 Å². The predicted octanol–water partition coefficient (Wildman–Crippen LogP) is 3.03. The number of carbonyl (C=O) groups excluding carboxylic acids is 1. The number of nitrogens with zero attached hydrogens (tertiary/aromatic N) is 1. The maximum Gasteiger partial charge on any atom is 0.317 e. The van der Waals surface area contributed by atoms with Crippen molar-refractivity contribution in [2.45, 2.75) is 39.7 Å². The second-order valence-electron chi connectivity index (χ2n) is 6.91. The highest BCUT2D eigenvalue weighted by Gasteiger charge is 2.22. The monoisotopic (exact) mass is 334 g/mol. The van der Waals surface area contributed by atoms with Crippen LogP contribution < -0.4 is 10.1 Å². The Labute approximate surface area is 145 Å². The third-order valence-corrected chi connectivity index (χ3v) is 4.52. The molecule has 1 aliphatic rings. The first-order chi connectivity index (χ1) is 11.6. The number of ether oxygens (including phenoxy) is 1. The van der Waals surface area contributed by atoms with Gasteiger partial charge in [0.15, 0.2) is 0 Å². The molecule has 5 heteroatoms. The zero-order chi connectivity index (χ0) is 17.4. The highest BCUT2D eigenvalue weighted by Crippen LogP contribution is 2.19. The Morgan fingerprint density at radius 3 is 2.71 bits per heavy atom. The van der Waals surface area contributed by atoms with Crippen LogP contribution in [0.15, 0.2) is 24.3 Å². The topological polar surface area (TPSA) is 61.8 Å². The molecule has 134 valence electrons. The Bertz CT molecular complexity index is 511. The van der Waals surface area contributed by atoms with E-state index in [1.54, 1.807) is 0 Å². The van der Waals surface area contributed by atoms with Gasteiger partial charge < -0.3 is 20.1 Å². The number of para-hydroxylation sites is 1. The summed E-state index contributed by atoms with van der Waals surface area (Å²) in [5.74, 6) is 1.79. The fraction of sp³-hybridized carbons (Fsp3) is 0.632. The van der Waals surface area contributed by atoms with Crippen LogP contribution >= 0.6 is 0 Å². The van der Waals surface area contributed by atoms with Crippen molar-refractivity contribution >= 4 is 6.03 Å². The van der Waals surface area contributed by atoms with Gasteiger partial charge in [-0.15, -0.1) is 0 Å². The Balaban J connectivity index is 1.82. The lowest BCUT2D eigenvalue weighted by molar-refractivity contribution is 0.137. The van der Waals surface area contributed by atoms with Crippen molar-refractivity contribution in [3.8, 4) is 5.75 Å². The number of aliphatic hydroxyl groups is 1. The van der Waals surface area contributed by atoms with E-state index in [-0.39, 0.29) is 12.6 Å². The summed E-state index contributed by atoms with van der Waals surface area (Å²) in [6.07, 6.45) is 2.76. The van der Waals surface area contributed by atoms with Gasteiger partial charge in [0.05, 0.1) is 6.61 Å². The number of hydrogen-bond acceptors (Lipinski definition) is 3. The summed E-state index contributed by atoms with van der Waals surface area (Å²) in [6.45, 7) is 7.16. The first-order valence-corrected chi connectivity index (χ1v) is 8.94. The van der Waals surface area contributed by atoms with E-state index < -0.39 is 0 Å². The highest BCUT2D eigenvalue weighted by molar-refractivity contribution is 5.74. The van der Waals surface area contributed by atoms with E-state index in [4.69, 9.17) is 4.74 Å². The number of urea groups is 1. The number of nitrogens with one attached hydrogen (secondary N) is 1. The maximum atomic E-state index is 12.3. The minimum absolute atomic E-state index is 0.0385. The van der Waals surface area contributed by atoms with E-state index in [1.807, 2.05) is 29.2 Å². The van der Waals surface area contributed by atoms with Gasteiger partial charge in [0.1, 0.15) is 5.75 Å². The normalized spacial score (nSPS) is 15.6. The van der Waals surface area contributed by atoms with Crippen LogP contribution in [0.4, 0.5) is 4.79 Å². The van der Waals surface area contributed by atoms with Gasteiger partial charge in [-0.1, -0.05) is 32.0 Å². The SMILES string of the molecule is CC(C)CCOc1ccccc1CNC(=O)N1CCC(CO)CC1. The standard InChI is InChI=1S/C19H30N2O3/c1-15(2)9-12-24-18-6-4-3-5-17(18)13-20-19(23)21-10-7-16(14-22)8-11-21/h3-6,15-16,22H,7-14H2,1-2H3,(H,20,23). The summed E-state index contributed by atoms with van der Waals surface area (Å²) >= 11 is 0. The van der Waals surface area contributed by atoms with Gasteiger partial charge in [0.2, 0.25) is 0 Å². The van der Waals surface area contributed by atoms with Crippen molar-refractivity contribution in [3.63, 3.8) is 0 Å². The Morgan fingerprint density at radius 2 is 2.04 bits per heavy atom.